The first-order chi connectivity index (χ1) is 10.2. The number of hydrogen-bond acceptors (Lipinski definition) is 5. The molecule has 0 fully saturated rings. The van der Waals surface area contributed by atoms with Crippen molar-refractivity contribution in [3.8, 4) is 0 Å². The molecule has 8 heteroatoms. The van der Waals surface area contributed by atoms with E-state index in [1.165, 1.54) is 13.8 Å². The van der Waals surface area contributed by atoms with Crippen molar-refractivity contribution in [1.82, 2.24) is 0 Å². The third-order valence-corrected chi connectivity index (χ3v) is 4.44. The molecule has 1 aliphatic carbocycles. The minimum atomic E-state index is -1.74. The summed E-state index contributed by atoms with van der Waals surface area (Å²) in [6, 6.07) is 0. The predicted octanol–water partition coefficient (Wildman–Crippen LogP) is 2.79. The molecule has 8 nitrogen and oxygen atoms in total. The lowest BCUT2D eigenvalue weighted by atomic mass is 9.69. The van der Waals surface area contributed by atoms with Gasteiger partial charge in [0.25, 0.3) is 11.2 Å². The number of rotatable bonds is 7. The molecule has 1 aliphatic rings. The van der Waals surface area contributed by atoms with Crippen molar-refractivity contribution < 1.29 is 19.7 Å². The Morgan fingerprint density at radius 3 is 2.36 bits per heavy atom. The molecular formula is C14H20N2O6. The topological polar surface area (TPSA) is 124 Å². The number of aliphatic carboxylic acids is 1. The zero-order valence-corrected chi connectivity index (χ0v) is 12.9. The van der Waals surface area contributed by atoms with E-state index in [0.29, 0.717) is 6.42 Å². The molecule has 1 N–H and O–H groups in total. The van der Waals surface area contributed by atoms with Crippen molar-refractivity contribution >= 4 is 5.97 Å². The Labute approximate surface area is 127 Å². The second kappa shape index (κ2) is 6.67. The first-order valence-corrected chi connectivity index (χ1v) is 7.15. The van der Waals surface area contributed by atoms with E-state index >= 15 is 0 Å². The van der Waals surface area contributed by atoms with Gasteiger partial charge in [0.15, 0.2) is 0 Å². The maximum Gasteiger partial charge on any atom is 0.332 e. The van der Waals surface area contributed by atoms with Gasteiger partial charge in [0.05, 0.1) is 22.0 Å². The lowest BCUT2D eigenvalue weighted by Crippen LogP contribution is -2.50. The predicted molar refractivity (Wildman–Crippen MR) is 78.4 cm³/mol. The summed E-state index contributed by atoms with van der Waals surface area (Å²) in [5, 5.41) is 32.2. The van der Waals surface area contributed by atoms with Crippen LogP contribution in [0.4, 0.5) is 0 Å². The van der Waals surface area contributed by atoms with Crippen LogP contribution < -0.4 is 0 Å². The third kappa shape index (κ3) is 2.86. The molecule has 0 bridgehead atoms. The molecule has 0 heterocycles. The minimum absolute atomic E-state index is 0.0242. The molecule has 0 spiro atoms. The monoisotopic (exact) mass is 312 g/mol. The zero-order valence-electron chi connectivity index (χ0n) is 12.9. The van der Waals surface area contributed by atoms with Gasteiger partial charge in [-0.3, -0.25) is 20.2 Å². The SMILES string of the molecule is CCCCCC1([N+](=O)[O-])C(C)=C([N+](=O)[O-])C=C(C(=O)O)C1C. The zero-order chi connectivity index (χ0) is 17.1. The van der Waals surface area contributed by atoms with E-state index in [0.717, 1.165) is 18.9 Å². The second-order valence-electron chi connectivity index (χ2n) is 5.53. The Kier molecular flexibility index (Phi) is 5.40. The molecule has 0 aromatic heterocycles. The molecule has 0 aromatic carbocycles. The van der Waals surface area contributed by atoms with Crippen LogP contribution in [-0.2, 0) is 4.79 Å². The van der Waals surface area contributed by atoms with Crippen molar-refractivity contribution in [3.05, 3.63) is 43.1 Å². The van der Waals surface area contributed by atoms with Gasteiger partial charge in [0.1, 0.15) is 0 Å². The minimum Gasteiger partial charge on any atom is -0.478 e. The number of hydrogen-bond donors (Lipinski definition) is 1. The average Bonchev–Trinajstić information content (AvgIpc) is 2.41. The number of carboxylic acids is 1. The summed E-state index contributed by atoms with van der Waals surface area (Å²) in [6.45, 7) is 4.75. The smallest absolute Gasteiger partial charge is 0.332 e. The molecule has 0 saturated heterocycles. The highest BCUT2D eigenvalue weighted by atomic mass is 16.6. The van der Waals surface area contributed by atoms with E-state index in [1.807, 2.05) is 6.92 Å². The summed E-state index contributed by atoms with van der Waals surface area (Å²) in [7, 11) is 0. The van der Waals surface area contributed by atoms with Crippen LogP contribution in [0.1, 0.15) is 46.5 Å². The number of nitrogens with zero attached hydrogens (tertiary/aromatic N) is 2. The summed E-state index contributed by atoms with van der Waals surface area (Å²) >= 11 is 0. The van der Waals surface area contributed by atoms with Gasteiger partial charge in [0, 0.05) is 17.4 Å². The molecule has 0 amide bonds. The number of allylic oxidation sites excluding steroid dienone is 1. The lowest BCUT2D eigenvalue weighted by Gasteiger charge is -2.34. The Bertz CT molecular complexity index is 566. The molecule has 0 saturated carbocycles. The average molecular weight is 312 g/mol. The first-order valence-electron chi connectivity index (χ1n) is 7.15. The Balaban J connectivity index is 3.51. The van der Waals surface area contributed by atoms with Gasteiger partial charge in [-0.1, -0.05) is 26.7 Å². The molecule has 0 aliphatic heterocycles. The summed E-state index contributed by atoms with van der Waals surface area (Å²) in [5.41, 5.74) is -2.48. The summed E-state index contributed by atoms with van der Waals surface area (Å²) in [5.74, 6) is -2.29. The number of carboxylic acid groups (broad SMARTS) is 1. The second-order valence-corrected chi connectivity index (χ2v) is 5.53. The number of nitro groups is 2. The Morgan fingerprint density at radius 2 is 1.95 bits per heavy atom. The van der Waals surface area contributed by atoms with Crippen LogP contribution in [-0.4, -0.2) is 26.5 Å². The number of unbranched alkanes of at least 4 members (excludes halogenated alkanes) is 2. The van der Waals surface area contributed by atoms with Crippen LogP contribution in [0, 0.1) is 26.1 Å². The van der Waals surface area contributed by atoms with Crippen molar-refractivity contribution in [1.29, 1.82) is 0 Å². The van der Waals surface area contributed by atoms with E-state index in [9.17, 15) is 30.1 Å². The van der Waals surface area contributed by atoms with Crippen molar-refractivity contribution in [2.24, 2.45) is 5.92 Å². The maximum atomic E-state index is 11.8. The Morgan fingerprint density at radius 1 is 1.36 bits per heavy atom. The maximum absolute atomic E-state index is 11.8. The van der Waals surface area contributed by atoms with Gasteiger partial charge in [-0.25, -0.2) is 4.79 Å². The quantitative estimate of drug-likeness (QED) is 0.438. The van der Waals surface area contributed by atoms with E-state index in [4.69, 9.17) is 0 Å². The van der Waals surface area contributed by atoms with Gasteiger partial charge in [0.2, 0.25) is 0 Å². The molecule has 0 radical (unpaired) electrons. The Hall–Kier alpha value is -2.25. The fourth-order valence-electron chi connectivity index (χ4n) is 3.06. The van der Waals surface area contributed by atoms with Gasteiger partial charge >= 0.3 is 5.97 Å². The highest BCUT2D eigenvalue weighted by Gasteiger charge is 2.57. The summed E-state index contributed by atoms with van der Waals surface area (Å²) in [4.78, 5) is 33.0. The highest BCUT2D eigenvalue weighted by molar-refractivity contribution is 5.88. The van der Waals surface area contributed by atoms with Gasteiger partial charge in [-0.05, 0) is 13.3 Å². The van der Waals surface area contributed by atoms with Crippen molar-refractivity contribution in [2.45, 2.75) is 52.0 Å². The standard InChI is InChI=1S/C14H20N2O6/c1-4-5-6-7-14(16(21)22)9(2)11(13(17)18)8-12(10(14)3)15(19)20/h8-9H,4-7H2,1-3H3,(H,17,18). The largest absolute Gasteiger partial charge is 0.478 e. The van der Waals surface area contributed by atoms with Crippen LogP contribution in [0.5, 0.6) is 0 Å². The van der Waals surface area contributed by atoms with E-state index in [-0.39, 0.29) is 17.6 Å². The normalized spacial score (nSPS) is 24.9. The van der Waals surface area contributed by atoms with Crippen LogP contribution in [0.15, 0.2) is 22.9 Å². The molecular weight excluding hydrogens is 292 g/mol. The molecule has 122 valence electrons. The molecule has 0 aromatic rings. The van der Waals surface area contributed by atoms with Crippen LogP contribution in [0.3, 0.4) is 0 Å². The lowest BCUT2D eigenvalue weighted by molar-refractivity contribution is -0.570. The van der Waals surface area contributed by atoms with Crippen molar-refractivity contribution in [2.75, 3.05) is 0 Å². The molecule has 2 unspecified atom stereocenters. The van der Waals surface area contributed by atoms with Gasteiger partial charge in [-0.15, -0.1) is 0 Å². The van der Waals surface area contributed by atoms with Gasteiger partial charge in [-0.2, -0.15) is 0 Å². The number of carbonyl (C=O) groups is 1. The molecule has 2 atom stereocenters. The van der Waals surface area contributed by atoms with Crippen LogP contribution in [0.25, 0.3) is 0 Å². The van der Waals surface area contributed by atoms with Gasteiger partial charge < -0.3 is 5.11 Å². The highest BCUT2D eigenvalue weighted by Crippen LogP contribution is 2.43. The first kappa shape index (κ1) is 17.8. The van der Waals surface area contributed by atoms with Crippen LogP contribution >= 0.6 is 0 Å². The van der Waals surface area contributed by atoms with Crippen LogP contribution in [0.2, 0.25) is 0 Å². The summed E-state index contributed by atoms with van der Waals surface area (Å²) in [6.07, 6.45) is 3.13. The third-order valence-electron chi connectivity index (χ3n) is 4.44. The molecule has 1 rings (SSSR count). The fraction of sp³-hybridized carbons (Fsp3) is 0.643. The molecule has 22 heavy (non-hydrogen) atoms. The van der Waals surface area contributed by atoms with E-state index in [1.54, 1.807) is 0 Å². The van der Waals surface area contributed by atoms with Crippen molar-refractivity contribution in [3.63, 3.8) is 0 Å². The fourth-order valence-corrected chi connectivity index (χ4v) is 3.06. The van der Waals surface area contributed by atoms with E-state index < -0.39 is 33.0 Å². The van der Waals surface area contributed by atoms with E-state index in [2.05, 4.69) is 0 Å². The summed E-state index contributed by atoms with van der Waals surface area (Å²) < 4.78 is 0.